The van der Waals surface area contributed by atoms with E-state index < -0.39 is 17.8 Å². The van der Waals surface area contributed by atoms with Gasteiger partial charge < -0.3 is 24.6 Å². The molecule has 10 heterocycles. The van der Waals surface area contributed by atoms with Gasteiger partial charge in [0.25, 0.3) is 0 Å². The van der Waals surface area contributed by atoms with E-state index in [1.165, 1.54) is 13.2 Å². The summed E-state index contributed by atoms with van der Waals surface area (Å²) >= 11 is 0. The fourth-order valence-electron chi connectivity index (χ4n) is 10.7. The van der Waals surface area contributed by atoms with Gasteiger partial charge in [0.15, 0.2) is 0 Å². The lowest BCUT2D eigenvalue weighted by molar-refractivity contribution is -0.133. The molecule has 6 fully saturated rings. The molecule has 1 aromatic carbocycles. The Labute approximate surface area is 392 Å². The molecule has 5 aromatic heterocycles. The van der Waals surface area contributed by atoms with Crippen molar-refractivity contribution in [3.05, 3.63) is 96.7 Å². The highest BCUT2D eigenvalue weighted by Gasteiger charge is 2.37. The molecule has 0 spiro atoms. The summed E-state index contributed by atoms with van der Waals surface area (Å²) < 4.78 is 31.3. The number of carbonyl (C=O) groups is 2. The minimum Gasteiger partial charge on any atom is -0.495 e. The van der Waals surface area contributed by atoms with Gasteiger partial charge in [-0.1, -0.05) is 6.07 Å². The summed E-state index contributed by atoms with van der Waals surface area (Å²) in [5.41, 5.74) is 5.96. The Morgan fingerprint density at radius 2 is 1.75 bits per heavy atom. The highest BCUT2D eigenvalue weighted by Crippen LogP contribution is 2.37. The minimum atomic E-state index is -0.643. The number of hydrogen-bond acceptors (Lipinski definition) is 15. The maximum atomic E-state index is 15.6. The first-order chi connectivity index (χ1) is 33.3. The lowest BCUT2D eigenvalue weighted by Crippen LogP contribution is -2.51. The van der Waals surface area contributed by atoms with Crippen LogP contribution < -0.4 is 25.2 Å². The molecule has 2 amide bonds. The number of pyridine rings is 2. The highest BCUT2D eigenvalue weighted by molar-refractivity contribution is 6.01. The number of rotatable bonds is 11. The average molecular weight is 921 g/mol. The van der Waals surface area contributed by atoms with Crippen molar-refractivity contribution in [3.8, 4) is 34.3 Å². The molecule has 5 aliphatic heterocycles. The number of piperazine rings is 1. The van der Waals surface area contributed by atoms with E-state index in [0.29, 0.717) is 71.8 Å². The van der Waals surface area contributed by atoms with Gasteiger partial charge in [-0.3, -0.25) is 34.4 Å². The monoisotopic (exact) mass is 920 g/mol. The van der Waals surface area contributed by atoms with Crippen molar-refractivity contribution in [2.45, 2.75) is 75.3 Å². The number of nitriles is 1. The van der Waals surface area contributed by atoms with Gasteiger partial charge in [-0.2, -0.15) is 15.5 Å². The molecule has 6 aromatic rings. The van der Waals surface area contributed by atoms with Gasteiger partial charge in [-0.15, -0.1) is 0 Å². The van der Waals surface area contributed by atoms with Crippen LogP contribution in [0.2, 0.25) is 0 Å². The summed E-state index contributed by atoms with van der Waals surface area (Å²) in [4.78, 5) is 48.0. The molecule has 0 radical (unpaired) electrons. The number of piperidine rings is 1. The Hall–Kier alpha value is -7.01. The molecule has 1 saturated carbocycles. The minimum absolute atomic E-state index is 0.0652. The van der Waals surface area contributed by atoms with Crippen molar-refractivity contribution >= 4 is 34.5 Å². The number of morpholine rings is 1. The Kier molecular flexibility index (Phi) is 11.9. The van der Waals surface area contributed by atoms with Crippen molar-refractivity contribution < 1.29 is 23.5 Å². The lowest BCUT2D eigenvalue weighted by Gasteiger charge is -2.42. The van der Waals surface area contributed by atoms with E-state index in [-0.39, 0.29) is 30.5 Å². The van der Waals surface area contributed by atoms with Gasteiger partial charge in [0, 0.05) is 107 Å². The molecule has 6 aliphatic rings. The predicted molar refractivity (Wildman–Crippen MR) is 250 cm³/mol. The zero-order valence-corrected chi connectivity index (χ0v) is 37.9. The van der Waals surface area contributed by atoms with Gasteiger partial charge in [0.05, 0.1) is 79.0 Å². The molecule has 2 bridgehead atoms. The summed E-state index contributed by atoms with van der Waals surface area (Å²) in [6.45, 7) is 6.82. The maximum Gasteiger partial charge on any atom is 0.249 e. The van der Waals surface area contributed by atoms with Gasteiger partial charge >= 0.3 is 0 Å². The van der Waals surface area contributed by atoms with Crippen LogP contribution in [0.3, 0.4) is 0 Å². The van der Waals surface area contributed by atoms with E-state index in [4.69, 9.17) is 24.5 Å². The van der Waals surface area contributed by atoms with Crippen LogP contribution in [0.15, 0.2) is 79.6 Å². The second kappa shape index (κ2) is 18.6. The van der Waals surface area contributed by atoms with E-state index in [0.717, 1.165) is 87.6 Å². The van der Waals surface area contributed by atoms with Gasteiger partial charge in [-0.25, -0.2) is 18.9 Å². The third-order valence-electron chi connectivity index (χ3n) is 14.3. The fraction of sp³-hybridized carbons (Fsp3) is 0.429. The molecule has 19 heteroatoms. The number of anilines is 3. The number of imide groups is 1. The maximum absolute atomic E-state index is 15.6. The molecule has 5 saturated heterocycles. The predicted octanol–water partition coefficient (Wildman–Crippen LogP) is 4.68. The van der Waals surface area contributed by atoms with Crippen LogP contribution >= 0.6 is 0 Å². The summed E-state index contributed by atoms with van der Waals surface area (Å²) in [7, 11) is 1.52. The molecule has 2 N–H and O–H groups in total. The van der Waals surface area contributed by atoms with Crippen LogP contribution in [0.5, 0.6) is 5.75 Å². The van der Waals surface area contributed by atoms with Crippen LogP contribution in [0.4, 0.5) is 21.6 Å². The second-order valence-electron chi connectivity index (χ2n) is 18.5. The number of hydrogen-bond donors (Lipinski definition) is 2. The van der Waals surface area contributed by atoms with Crippen LogP contribution in [-0.4, -0.2) is 140 Å². The van der Waals surface area contributed by atoms with Gasteiger partial charge in [-0.05, 0) is 56.4 Å². The second-order valence-corrected chi connectivity index (χ2v) is 18.5. The van der Waals surface area contributed by atoms with Crippen molar-refractivity contribution in [3.63, 3.8) is 0 Å². The van der Waals surface area contributed by atoms with E-state index in [2.05, 4.69) is 63.3 Å². The van der Waals surface area contributed by atoms with E-state index in [1.54, 1.807) is 16.8 Å². The van der Waals surface area contributed by atoms with Gasteiger partial charge in [0.1, 0.15) is 40.6 Å². The van der Waals surface area contributed by atoms with E-state index in [1.807, 2.05) is 49.1 Å². The first kappa shape index (κ1) is 43.6. The van der Waals surface area contributed by atoms with E-state index in [9.17, 15) is 14.9 Å². The fourth-order valence-corrected chi connectivity index (χ4v) is 10.7. The van der Waals surface area contributed by atoms with Gasteiger partial charge in [0.2, 0.25) is 11.8 Å². The quantitative estimate of drug-likeness (QED) is 0.171. The molecule has 1 aliphatic carbocycles. The molecular formula is C49H53FN14O4. The number of nitrogens with one attached hydrogen (secondary N) is 2. The molecule has 68 heavy (non-hydrogen) atoms. The third-order valence-corrected chi connectivity index (χ3v) is 14.3. The first-order valence-corrected chi connectivity index (χ1v) is 23.5. The van der Waals surface area contributed by atoms with Crippen LogP contribution in [0.25, 0.3) is 28.0 Å². The third kappa shape index (κ3) is 8.70. The molecule has 350 valence electrons. The Balaban J connectivity index is 0.728. The Bertz CT molecular complexity index is 2850. The van der Waals surface area contributed by atoms with Crippen molar-refractivity contribution in [2.75, 3.05) is 74.6 Å². The van der Waals surface area contributed by atoms with Crippen LogP contribution in [0.1, 0.15) is 55.8 Å². The number of benzene rings is 1. The largest absolute Gasteiger partial charge is 0.495 e. The molecule has 3 unspecified atom stereocenters. The number of carbonyl (C=O) groups excluding carboxylic acids is 2. The summed E-state index contributed by atoms with van der Waals surface area (Å²) in [6, 6.07) is 15.7. The number of nitrogens with zero attached hydrogens (tertiary/aromatic N) is 12. The zero-order chi connectivity index (χ0) is 46.3. The van der Waals surface area contributed by atoms with Crippen molar-refractivity contribution in [1.29, 1.82) is 5.26 Å². The summed E-state index contributed by atoms with van der Waals surface area (Å²) in [6.07, 6.45) is 15.7. The average Bonchev–Trinajstić information content (AvgIpc) is 3.94. The number of fused-ring (bicyclic) bond motifs is 5. The van der Waals surface area contributed by atoms with E-state index >= 15 is 4.39 Å². The summed E-state index contributed by atoms with van der Waals surface area (Å²) in [5, 5.41) is 24.9. The Morgan fingerprint density at radius 3 is 2.51 bits per heavy atom. The number of ether oxygens (including phenoxy) is 2. The summed E-state index contributed by atoms with van der Waals surface area (Å²) in [5.74, 6) is 0.194. The molecule has 18 nitrogen and oxygen atoms in total. The topological polar surface area (TPSA) is 187 Å². The molecule has 3 atom stereocenters. The zero-order valence-electron chi connectivity index (χ0n) is 37.9. The number of halogens is 1. The number of amides is 2. The molecule has 12 rings (SSSR count). The first-order valence-electron chi connectivity index (χ1n) is 23.5. The Morgan fingerprint density at radius 1 is 0.897 bits per heavy atom. The lowest BCUT2D eigenvalue weighted by atomic mass is 9.90. The SMILES string of the molecule is COc1cc(N2CCN(C3CCC(n4cc(-c5cn6ncc(C#N)c6c(-c6ccc(N7CC8CN(Cc9ccccn9)C(CO8)C7)nc6)n5)cn4)CC3)CC2)c(F)cc1NC1CCC(=O)NC1=O. The van der Waals surface area contributed by atoms with Crippen LogP contribution in [-0.2, 0) is 20.9 Å². The van der Waals surface area contributed by atoms with Crippen LogP contribution in [0, 0.1) is 17.1 Å². The standard InChI is InChI=1S/C49H53FN14O4/c1-67-44-19-43(39(50)18-41(44)56-40-10-12-46(65)58-49(40)66)60-16-14-59(15-17-60)35-6-8-36(9-7-35)63-24-33(23-54-63)42-29-64-48(32(20-51)22-55-64)47(57-42)31-5-11-45(53-21-31)62-26-37-30-68-38(28-62)27-61(37)25-34-4-2-3-13-52-34/h2-5,11,13,18-19,21-24,29,35-38,40,56H,6-10,12,14-17,25-28,30H2,1H3,(H,58,65,66). The smallest absolute Gasteiger partial charge is 0.249 e. The number of aromatic nitrogens is 7. The highest BCUT2D eigenvalue weighted by atomic mass is 19.1. The van der Waals surface area contributed by atoms with Crippen molar-refractivity contribution in [2.24, 2.45) is 0 Å². The normalized spacial score (nSPS) is 23.6. The van der Waals surface area contributed by atoms with Crippen molar-refractivity contribution in [1.82, 2.24) is 49.5 Å². The number of methoxy groups -OCH3 is 1. The molecular weight excluding hydrogens is 868 g/mol.